The van der Waals surface area contributed by atoms with Crippen LogP contribution < -0.4 is 10.1 Å². The summed E-state index contributed by atoms with van der Waals surface area (Å²) in [6.07, 6.45) is 8.42. The van der Waals surface area contributed by atoms with E-state index >= 15 is 0 Å². The molecule has 0 spiro atoms. The summed E-state index contributed by atoms with van der Waals surface area (Å²) in [6, 6.07) is 8.15. The largest absolute Gasteiger partial charge is 0.492 e. The summed E-state index contributed by atoms with van der Waals surface area (Å²) in [5.74, 6) is 1.77. The van der Waals surface area contributed by atoms with Gasteiger partial charge < -0.3 is 15.2 Å². The van der Waals surface area contributed by atoms with Gasteiger partial charge in [0.05, 0.1) is 6.20 Å². The number of carbonyl (C=O) groups excluding carboxylic acids is 1. The van der Waals surface area contributed by atoms with Crippen LogP contribution >= 0.6 is 0 Å². The van der Waals surface area contributed by atoms with Gasteiger partial charge in [0.25, 0.3) is 6.47 Å². The minimum absolute atomic E-state index is 0.0136. The number of hydrogen-bond donors (Lipinski definition) is 2. The first kappa shape index (κ1) is 23.8. The third-order valence-electron chi connectivity index (χ3n) is 6.02. The number of amides is 1. The Morgan fingerprint density at radius 3 is 2.69 bits per heavy atom. The lowest BCUT2D eigenvalue weighted by atomic mass is 9.87. The molecule has 1 unspecified atom stereocenters. The van der Waals surface area contributed by atoms with E-state index in [1.165, 1.54) is 32.4 Å². The number of aryl methyl sites for hydroxylation is 1. The lowest BCUT2D eigenvalue weighted by Gasteiger charge is -2.27. The molecule has 2 N–H and O–H groups in total. The van der Waals surface area contributed by atoms with Crippen LogP contribution in [0, 0.1) is 0 Å². The number of aromatic nitrogens is 2. The number of benzene rings is 1. The maximum atomic E-state index is 12.5. The quantitative estimate of drug-likeness (QED) is 0.605. The zero-order valence-corrected chi connectivity index (χ0v) is 18.8. The van der Waals surface area contributed by atoms with Crippen molar-refractivity contribution in [1.29, 1.82) is 0 Å². The first-order valence-corrected chi connectivity index (χ1v) is 11.5. The molecule has 174 valence electrons. The first-order valence-electron chi connectivity index (χ1n) is 11.5. The minimum Gasteiger partial charge on any atom is -0.492 e. The summed E-state index contributed by atoms with van der Waals surface area (Å²) in [5.41, 5.74) is 2.17. The number of anilines is 1. The number of likely N-dealkylation sites (tertiary alicyclic amines) is 1. The second kappa shape index (κ2) is 12.2. The third-order valence-corrected chi connectivity index (χ3v) is 6.02. The van der Waals surface area contributed by atoms with Crippen LogP contribution in [-0.4, -0.2) is 58.4 Å². The summed E-state index contributed by atoms with van der Waals surface area (Å²) >= 11 is 0. The van der Waals surface area contributed by atoms with Gasteiger partial charge in [0.2, 0.25) is 5.91 Å². The topological polar surface area (TPSA) is 96.7 Å². The molecule has 8 nitrogen and oxygen atoms in total. The van der Waals surface area contributed by atoms with Crippen molar-refractivity contribution in [3.63, 3.8) is 0 Å². The molecule has 0 saturated carbocycles. The average molecular weight is 443 g/mol. The molecule has 1 atom stereocenters. The molecule has 0 bridgehead atoms. The lowest BCUT2D eigenvalue weighted by molar-refractivity contribution is -0.123. The van der Waals surface area contributed by atoms with Crippen LogP contribution in [0.4, 0.5) is 5.82 Å². The summed E-state index contributed by atoms with van der Waals surface area (Å²) < 4.78 is 8.15. The highest BCUT2D eigenvalue weighted by atomic mass is 16.5. The fraction of sp³-hybridized carbons (Fsp3) is 0.542. The van der Waals surface area contributed by atoms with Crippen molar-refractivity contribution in [3.05, 3.63) is 41.6 Å². The zero-order valence-electron chi connectivity index (χ0n) is 18.8. The maximum Gasteiger partial charge on any atom is 0.290 e. The van der Waals surface area contributed by atoms with E-state index in [0.29, 0.717) is 13.0 Å². The number of nitrogens with one attached hydrogen (secondary N) is 1. The minimum atomic E-state index is -0.250. The van der Waals surface area contributed by atoms with Gasteiger partial charge in [-0.3, -0.25) is 14.5 Å². The van der Waals surface area contributed by atoms with Crippen molar-refractivity contribution < 1.29 is 19.4 Å². The van der Waals surface area contributed by atoms with E-state index in [4.69, 9.17) is 14.6 Å². The molecule has 0 aliphatic carbocycles. The molecule has 8 heteroatoms. The predicted octanol–water partition coefficient (Wildman–Crippen LogP) is 3.72. The zero-order chi connectivity index (χ0) is 22.8. The van der Waals surface area contributed by atoms with E-state index in [1.807, 2.05) is 29.1 Å². The van der Waals surface area contributed by atoms with Crippen molar-refractivity contribution in [3.8, 4) is 5.75 Å². The molecule has 1 aromatic carbocycles. The van der Waals surface area contributed by atoms with Gasteiger partial charge in [-0.15, -0.1) is 0 Å². The number of piperidine rings is 1. The van der Waals surface area contributed by atoms with Crippen molar-refractivity contribution in [2.45, 2.75) is 57.9 Å². The maximum absolute atomic E-state index is 12.5. The molecule has 2 aliphatic heterocycles. The van der Waals surface area contributed by atoms with Gasteiger partial charge in [0.15, 0.2) is 0 Å². The summed E-state index contributed by atoms with van der Waals surface area (Å²) in [5, 5.41) is 14.5. The van der Waals surface area contributed by atoms with Crippen LogP contribution in [0.3, 0.4) is 0 Å². The van der Waals surface area contributed by atoms with Crippen LogP contribution in [0.1, 0.15) is 62.5 Å². The predicted molar refractivity (Wildman–Crippen MR) is 123 cm³/mol. The van der Waals surface area contributed by atoms with E-state index in [0.717, 1.165) is 48.6 Å². The third kappa shape index (κ3) is 6.09. The number of para-hydroxylation sites is 1. The molecule has 2 aromatic rings. The van der Waals surface area contributed by atoms with Gasteiger partial charge in [0, 0.05) is 36.6 Å². The Labute approximate surface area is 189 Å². The summed E-state index contributed by atoms with van der Waals surface area (Å²) in [6.45, 7) is 6.72. The highest BCUT2D eigenvalue weighted by Gasteiger charge is 2.31. The fourth-order valence-electron chi connectivity index (χ4n) is 4.39. The second-order valence-electron chi connectivity index (χ2n) is 8.22. The molecule has 0 radical (unpaired) electrons. The van der Waals surface area contributed by atoms with Gasteiger partial charge >= 0.3 is 0 Å². The summed E-state index contributed by atoms with van der Waals surface area (Å²) in [4.78, 5) is 23.3. The van der Waals surface area contributed by atoms with Crippen LogP contribution in [0.15, 0.2) is 30.5 Å². The van der Waals surface area contributed by atoms with E-state index in [1.54, 1.807) is 0 Å². The van der Waals surface area contributed by atoms with E-state index in [2.05, 4.69) is 28.3 Å². The van der Waals surface area contributed by atoms with Gasteiger partial charge in [-0.2, -0.15) is 5.10 Å². The summed E-state index contributed by atoms with van der Waals surface area (Å²) in [7, 11) is 0. The van der Waals surface area contributed by atoms with Crippen LogP contribution in [0.25, 0.3) is 0 Å². The first-order chi connectivity index (χ1) is 15.7. The van der Waals surface area contributed by atoms with Gasteiger partial charge in [-0.1, -0.05) is 38.0 Å². The lowest BCUT2D eigenvalue weighted by Crippen LogP contribution is -2.33. The normalized spacial score (nSPS) is 18.2. The monoisotopic (exact) mass is 442 g/mol. The molecular weight excluding hydrogens is 408 g/mol. The Morgan fingerprint density at radius 2 is 1.94 bits per heavy atom. The van der Waals surface area contributed by atoms with E-state index in [-0.39, 0.29) is 18.3 Å². The SMILES string of the molecule is CCCCn1ncc2c1NC(=O)CC2c1ccccc1OCCN1CCCCC1.O=CO. The molecule has 4 rings (SSSR count). The Kier molecular flexibility index (Phi) is 9.10. The van der Waals surface area contributed by atoms with Gasteiger partial charge in [0.1, 0.15) is 18.2 Å². The van der Waals surface area contributed by atoms with Crippen molar-refractivity contribution >= 4 is 18.2 Å². The Balaban J connectivity index is 0.000000913. The van der Waals surface area contributed by atoms with Gasteiger partial charge in [-0.05, 0) is 38.4 Å². The number of carboxylic acid groups (broad SMARTS) is 1. The number of carbonyl (C=O) groups is 2. The number of unbranched alkanes of at least 4 members (excludes halogenated alkanes) is 1. The number of rotatable bonds is 8. The van der Waals surface area contributed by atoms with Crippen molar-refractivity contribution in [1.82, 2.24) is 14.7 Å². The highest BCUT2D eigenvalue weighted by Crippen LogP contribution is 2.40. The van der Waals surface area contributed by atoms with Crippen molar-refractivity contribution in [2.24, 2.45) is 0 Å². The standard InChI is InChI=1S/C23H32N4O2.CH2O2/c1-2-3-13-27-23-20(17-24-27)19(16-22(28)25-23)18-9-5-6-10-21(18)29-15-14-26-11-7-4-8-12-26;2-1-3/h5-6,9-10,17,19H,2-4,7-8,11-16H2,1H3,(H,25,28);1H,(H,2,3). The molecular formula is C24H34N4O4. The molecule has 1 aromatic heterocycles. The molecule has 1 saturated heterocycles. The fourth-order valence-corrected chi connectivity index (χ4v) is 4.39. The smallest absolute Gasteiger partial charge is 0.290 e. The highest BCUT2D eigenvalue weighted by molar-refractivity contribution is 5.94. The molecule has 32 heavy (non-hydrogen) atoms. The molecule has 2 aliphatic rings. The Hall–Kier alpha value is -2.87. The molecule has 3 heterocycles. The number of ether oxygens (including phenoxy) is 1. The molecule has 1 fully saturated rings. The second-order valence-corrected chi connectivity index (χ2v) is 8.22. The molecule has 1 amide bonds. The van der Waals surface area contributed by atoms with Crippen molar-refractivity contribution in [2.75, 3.05) is 31.6 Å². The number of nitrogens with zero attached hydrogens (tertiary/aromatic N) is 3. The van der Waals surface area contributed by atoms with E-state index in [9.17, 15) is 4.79 Å². The Bertz CT molecular complexity index is 877. The number of hydrogen-bond acceptors (Lipinski definition) is 5. The average Bonchev–Trinajstić information content (AvgIpc) is 3.21. The van der Waals surface area contributed by atoms with Crippen LogP contribution in [0.2, 0.25) is 0 Å². The Morgan fingerprint density at radius 1 is 1.19 bits per heavy atom. The van der Waals surface area contributed by atoms with Crippen LogP contribution in [0.5, 0.6) is 5.75 Å². The van der Waals surface area contributed by atoms with Gasteiger partial charge in [-0.25, -0.2) is 4.68 Å². The van der Waals surface area contributed by atoms with Crippen LogP contribution in [-0.2, 0) is 16.1 Å². The van der Waals surface area contributed by atoms with E-state index < -0.39 is 0 Å². The number of fused-ring (bicyclic) bond motifs is 1.